The number of amides is 4. The van der Waals surface area contributed by atoms with Gasteiger partial charge in [-0.3, -0.25) is 19.8 Å². The summed E-state index contributed by atoms with van der Waals surface area (Å²) in [4.78, 5) is 35.9. The molecule has 0 unspecified atom stereocenters. The van der Waals surface area contributed by atoms with E-state index in [-0.39, 0.29) is 12.5 Å². The first-order valence-electron chi connectivity index (χ1n) is 6.68. The van der Waals surface area contributed by atoms with E-state index in [4.69, 9.17) is 22.1 Å². The summed E-state index contributed by atoms with van der Waals surface area (Å²) in [5.74, 6) is -0.496. The Bertz CT molecular complexity index is 608. The quantitative estimate of drug-likeness (QED) is 0.707. The van der Waals surface area contributed by atoms with Crippen LogP contribution >= 0.6 is 11.6 Å². The number of urea groups is 1. The Balaban J connectivity index is 2.67. The lowest BCUT2D eigenvalue weighted by atomic mass is 10.2. The fraction of sp³-hybridized carbons (Fsp3) is 0.357. The van der Waals surface area contributed by atoms with E-state index in [1.807, 2.05) is 5.32 Å². The highest BCUT2D eigenvalue weighted by atomic mass is 35.5. The van der Waals surface area contributed by atoms with Crippen LogP contribution in [0.4, 0.5) is 10.5 Å². The summed E-state index contributed by atoms with van der Waals surface area (Å²) in [6.45, 7) is 1.47. The van der Waals surface area contributed by atoms with Gasteiger partial charge in [-0.25, -0.2) is 4.79 Å². The molecule has 0 spiro atoms. The second kappa shape index (κ2) is 8.35. The number of nitrogens with zero attached hydrogens (tertiary/aromatic N) is 1. The number of likely N-dealkylation sites (N-methyl/N-ethyl adjacent to an activating group) is 1. The Morgan fingerprint density at radius 3 is 2.61 bits per heavy atom. The molecule has 23 heavy (non-hydrogen) atoms. The van der Waals surface area contributed by atoms with E-state index in [0.29, 0.717) is 16.5 Å². The lowest BCUT2D eigenvalue weighted by Crippen LogP contribution is -2.48. The molecule has 4 N–H and O–H groups in total. The van der Waals surface area contributed by atoms with Crippen molar-refractivity contribution in [1.29, 1.82) is 0 Å². The number of hydrogen-bond donors (Lipinski definition) is 3. The van der Waals surface area contributed by atoms with Gasteiger partial charge < -0.3 is 15.8 Å². The van der Waals surface area contributed by atoms with Crippen LogP contribution in [-0.4, -0.2) is 49.5 Å². The molecule has 0 heterocycles. The summed E-state index contributed by atoms with van der Waals surface area (Å²) < 4.78 is 5.13. The normalized spacial score (nSPS) is 11.7. The molecule has 126 valence electrons. The van der Waals surface area contributed by atoms with Crippen molar-refractivity contribution >= 4 is 35.1 Å². The fourth-order valence-corrected chi connectivity index (χ4v) is 1.93. The average Bonchev–Trinajstić information content (AvgIpc) is 2.45. The summed E-state index contributed by atoms with van der Waals surface area (Å²) in [6.07, 6.45) is 0. The lowest BCUT2D eigenvalue weighted by molar-refractivity contribution is -0.125. The molecule has 1 rings (SSSR count). The van der Waals surface area contributed by atoms with Gasteiger partial charge in [0.05, 0.1) is 25.4 Å². The van der Waals surface area contributed by atoms with Crippen molar-refractivity contribution in [3.8, 4) is 5.75 Å². The number of imide groups is 1. The first kappa shape index (κ1) is 18.7. The van der Waals surface area contributed by atoms with Crippen LogP contribution in [0.3, 0.4) is 0 Å². The molecule has 1 aromatic carbocycles. The third kappa shape index (κ3) is 5.76. The second-order valence-electron chi connectivity index (χ2n) is 4.84. The molecule has 0 aliphatic rings. The molecule has 4 amide bonds. The Kier molecular flexibility index (Phi) is 6.80. The van der Waals surface area contributed by atoms with Gasteiger partial charge in [0, 0.05) is 5.02 Å². The van der Waals surface area contributed by atoms with Crippen molar-refractivity contribution in [3.63, 3.8) is 0 Å². The van der Waals surface area contributed by atoms with Crippen LogP contribution in [0.5, 0.6) is 5.75 Å². The van der Waals surface area contributed by atoms with Crippen LogP contribution in [0.2, 0.25) is 5.02 Å². The number of carbonyl (C=O) groups excluding carboxylic acids is 3. The number of anilines is 1. The topological polar surface area (TPSA) is 114 Å². The molecule has 1 atom stereocenters. The molecule has 0 saturated carbocycles. The Hall–Kier alpha value is -2.32. The minimum atomic E-state index is -0.941. The fourth-order valence-electron chi connectivity index (χ4n) is 1.76. The van der Waals surface area contributed by atoms with Crippen LogP contribution in [0.25, 0.3) is 0 Å². The molecule has 0 radical (unpaired) electrons. The van der Waals surface area contributed by atoms with Gasteiger partial charge in [-0.15, -0.1) is 0 Å². The van der Waals surface area contributed by atoms with Gasteiger partial charge in [-0.2, -0.15) is 0 Å². The largest absolute Gasteiger partial charge is 0.495 e. The Morgan fingerprint density at radius 1 is 1.39 bits per heavy atom. The van der Waals surface area contributed by atoms with E-state index in [0.717, 1.165) is 0 Å². The van der Waals surface area contributed by atoms with Crippen LogP contribution in [-0.2, 0) is 9.59 Å². The minimum absolute atomic E-state index is 0.0803. The van der Waals surface area contributed by atoms with Gasteiger partial charge in [0.2, 0.25) is 11.8 Å². The highest BCUT2D eigenvalue weighted by Gasteiger charge is 2.21. The van der Waals surface area contributed by atoms with Crippen molar-refractivity contribution in [2.45, 2.75) is 13.0 Å². The monoisotopic (exact) mass is 342 g/mol. The third-order valence-electron chi connectivity index (χ3n) is 3.12. The highest BCUT2D eigenvalue weighted by Crippen LogP contribution is 2.27. The standard InChI is InChI=1S/C14H19ClN4O4/c1-8(13(21)18-14(16)22)19(2)7-12(20)17-10-6-9(15)4-5-11(10)23-3/h4-6,8H,7H2,1-3H3,(H,17,20)(H3,16,18,21,22)/t8-/m0/s1. The molecule has 9 heteroatoms. The van der Waals surface area contributed by atoms with E-state index >= 15 is 0 Å². The number of benzene rings is 1. The summed E-state index contributed by atoms with van der Waals surface area (Å²) in [7, 11) is 3.04. The van der Waals surface area contributed by atoms with Crippen molar-refractivity contribution in [2.24, 2.45) is 5.73 Å². The maximum Gasteiger partial charge on any atom is 0.318 e. The maximum atomic E-state index is 12.1. The van der Waals surface area contributed by atoms with Gasteiger partial charge >= 0.3 is 6.03 Å². The molecule has 0 aliphatic heterocycles. The molecule has 0 aliphatic carbocycles. The predicted octanol–water partition coefficient (Wildman–Crippen LogP) is 0.802. The van der Waals surface area contributed by atoms with E-state index < -0.39 is 18.0 Å². The first-order chi connectivity index (χ1) is 10.7. The predicted molar refractivity (Wildman–Crippen MR) is 86.5 cm³/mol. The Morgan fingerprint density at radius 2 is 2.04 bits per heavy atom. The molecule has 1 aromatic rings. The molecule has 0 aromatic heterocycles. The highest BCUT2D eigenvalue weighted by molar-refractivity contribution is 6.31. The van der Waals surface area contributed by atoms with E-state index in [1.54, 1.807) is 32.2 Å². The van der Waals surface area contributed by atoms with Crippen LogP contribution in [0.1, 0.15) is 6.92 Å². The van der Waals surface area contributed by atoms with Gasteiger partial charge in [0.1, 0.15) is 5.75 Å². The number of hydrogen-bond acceptors (Lipinski definition) is 5. The van der Waals surface area contributed by atoms with Crippen molar-refractivity contribution < 1.29 is 19.1 Å². The number of carbonyl (C=O) groups is 3. The lowest BCUT2D eigenvalue weighted by Gasteiger charge is -2.22. The number of ether oxygens (including phenoxy) is 1. The zero-order valence-electron chi connectivity index (χ0n) is 13.1. The third-order valence-corrected chi connectivity index (χ3v) is 3.35. The minimum Gasteiger partial charge on any atom is -0.495 e. The van der Waals surface area contributed by atoms with Crippen molar-refractivity contribution in [1.82, 2.24) is 10.2 Å². The SMILES string of the molecule is COc1ccc(Cl)cc1NC(=O)CN(C)[C@@H](C)C(=O)NC(N)=O. The van der Waals surface area contributed by atoms with Gasteiger partial charge in [0.25, 0.3) is 0 Å². The molecule has 0 saturated heterocycles. The summed E-state index contributed by atoms with van der Waals surface area (Å²) in [6, 6.07) is 3.17. The van der Waals surface area contributed by atoms with E-state index in [2.05, 4.69) is 5.32 Å². The summed E-state index contributed by atoms with van der Waals surface area (Å²) in [5, 5.41) is 5.06. The van der Waals surface area contributed by atoms with Crippen LogP contribution < -0.4 is 21.1 Å². The molecular formula is C14H19ClN4O4. The number of nitrogens with two attached hydrogens (primary N) is 1. The zero-order chi connectivity index (χ0) is 17.6. The van der Waals surface area contributed by atoms with Crippen molar-refractivity contribution in [3.05, 3.63) is 23.2 Å². The Labute approximate surface area is 138 Å². The van der Waals surface area contributed by atoms with Crippen molar-refractivity contribution in [2.75, 3.05) is 26.0 Å². The van der Waals surface area contributed by atoms with E-state index in [1.165, 1.54) is 12.0 Å². The number of nitrogens with one attached hydrogen (secondary N) is 2. The number of primary amides is 1. The number of methoxy groups -OCH3 is 1. The van der Waals surface area contributed by atoms with Gasteiger partial charge in [0.15, 0.2) is 0 Å². The number of halogens is 1. The zero-order valence-corrected chi connectivity index (χ0v) is 13.8. The number of rotatable bonds is 6. The second-order valence-corrected chi connectivity index (χ2v) is 5.27. The maximum absolute atomic E-state index is 12.1. The molecular weight excluding hydrogens is 324 g/mol. The first-order valence-corrected chi connectivity index (χ1v) is 7.06. The van der Waals surface area contributed by atoms with Gasteiger partial charge in [-0.1, -0.05) is 11.6 Å². The molecule has 0 bridgehead atoms. The molecule has 0 fully saturated rings. The summed E-state index contributed by atoms with van der Waals surface area (Å²) in [5.41, 5.74) is 5.31. The summed E-state index contributed by atoms with van der Waals surface area (Å²) >= 11 is 5.89. The average molecular weight is 343 g/mol. The van der Waals surface area contributed by atoms with E-state index in [9.17, 15) is 14.4 Å². The smallest absolute Gasteiger partial charge is 0.318 e. The van der Waals surface area contributed by atoms with Crippen LogP contribution in [0, 0.1) is 0 Å². The van der Waals surface area contributed by atoms with Crippen LogP contribution in [0.15, 0.2) is 18.2 Å². The molecule has 8 nitrogen and oxygen atoms in total. The van der Waals surface area contributed by atoms with Gasteiger partial charge in [-0.05, 0) is 32.2 Å².